The molecule has 33 heavy (non-hydrogen) atoms. The summed E-state index contributed by atoms with van der Waals surface area (Å²) >= 11 is 0. The van der Waals surface area contributed by atoms with Crippen LogP contribution >= 0.6 is 0 Å². The molecular formula is C25H31NO6S. The van der Waals surface area contributed by atoms with E-state index in [1.165, 1.54) is 12.1 Å². The molecule has 0 aliphatic heterocycles. The molecule has 0 spiro atoms. The van der Waals surface area contributed by atoms with Gasteiger partial charge in [-0.05, 0) is 45.4 Å². The summed E-state index contributed by atoms with van der Waals surface area (Å²) in [6, 6.07) is 19.0. The zero-order valence-electron chi connectivity index (χ0n) is 19.5. The molecule has 7 nitrogen and oxygen atoms in total. The van der Waals surface area contributed by atoms with Gasteiger partial charge < -0.3 is 18.9 Å². The van der Waals surface area contributed by atoms with Gasteiger partial charge in [0.2, 0.25) is 20.4 Å². The van der Waals surface area contributed by atoms with E-state index in [1.54, 1.807) is 70.2 Å². The van der Waals surface area contributed by atoms with Crippen molar-refractivity contribution in [3.8, 4) is 6.07 Å². The summed E-state index contributed by atoms with van der Waals surface area (Å²) in [5, 5.41) is 10.7. The third kappa shape index (κ3) is 3.42. The first-order chi connectivity index (χ1) is 15.9. The van der Waals surface area contributed by atoms with E-state index >= 15 is 0 Å². The summed E-state index contributed by atoms with van der Waals surface area (Å²) in [6.07, 6.45) is 0. The first-order valence-electron chi connectivity index (χ1n) is 11.2. The molecule has 0 bridgehead atoms. The monoisotopic (exact) mass is 473 g/mol. The second-order valence-corrected chi connectivity index (χ2v) is 9.65. The van der Waals surface area contributed by atoms with Crippen molar-refractivity contribution < 1.29 is 27.4 Å². The molecule has 8 heteroatoms. The Morgan fingerprint density at radius 2 is 1.24 bits per heavy atom. The lowest BCUT2D eigenvalue weighted by atomic mass is 9.58. The van der Waals surface area contributed by atoms with Crippen LogP contribution in [-0.2, 0) is 28.8 Å². The molecule has 0 amide bonds. The van der Waals surface area contributed by atoms with Crippen LogP contribution in [0.25, 0.3) is 0 Å². The average molecular weight is 474 g/mol. The topological polar surface area (TPSA) is 94.9 Å². The van der Waals surface area contributed by atoms with Crippen molar-refractivity contribution in [1.29, 1.82) is 5.26 Å². The maximum Gasteiger partial charge on any atom is 0.259 e. The van der Waals surface area contributed by atoms with Gasteiger partial charge in [-0.2, -0.15) is 5.26 Å². The number of benzene rings is 2. The highest BCUT2D eigenvalue weighted by Gasteiger charge is 2.91. The Labute approximate surface area is 196 Å². The van der Waals surface area contributed by atoms with Gasteiger partial charge in [-0.1, -0.05) is 48.5 Å². The minimum atomic E-state index is -4.34. The molecule has 0 saturated heterocycles. The zero-order valence-corrected chi connectivity index (χ0v) is 20.3. The lowest BCUT2D eigenvalue weighted by Gasteiger charge is -2.67. The fourth-order valence-corrected chi connectivity index (χ4v) is 7.16. The number of rotatable bonds is 11. The van der Waals surface area contributed by atoms with E-state index in [1.807, 2.05) is 6.07 Å². The summed E-state index contributed by atoms with van der Waals surface area (Å²) in [5.41, 5.74) is 0.579. The van der Waals surface area contributed by atoms with Crippen molar-refractivity contribution in [3.63, 3.8) is 0 Å². The van der Waals surface area contributed by atoms with Gasteiger partial charge in [-0.3, -0.25) is 0 Å². The van der Waals surface area contributed by atoms with Crippen LogP contribution in [0.5, 0.6) is 0 Å². The lowest BCUT2D eigenvalue weighted by Crippen LogP contribution is -2.89. The second-order valence-electron chi connectivity index (χ2n) is 7.52. The summed E-state index contributed by atoms with van der Waals surface area (Å²) in [6.45, 7) is 7.55. The quantitative estimate of drug-likeness (QED) is 0.454. The predicted octanol–water partition coefficient (Wildman–Crippen LogP) is 4.06. The molecule has 3 rings (SSSR count). The minimum absolute atomic E-state index is 0.00198. The molecular weight excluding hydrogens is 442 g/mol. The number of hydrogen-bond donors (Lipinski definition) is 0. The number of sulfone groups is 1. The van der Waals surface area contributed by atoms with Gasteiger partial charge in [0, 0.05) is 26.4 Å². The van der Waals surface area contributed by atoms with Gasteiger partial charge in [0.15, 0.2) is 0 Å². The van der Waals surface area contributed by atoms with Crippen LogP contribution in [0.2, 0.25) is 0 Å². The summed E-state index contributed by atoms with van der Waals surface area (Å²) < 4.78 is 51.1. The van der Waals surface area contributed by atoms with E-state index in [0.29, 0.717) is 5.56 Å². The first-order valence-corrected chi connectivity index (χ1v) is 12.7. The predicted molar refractivity (Wildman–Crippen MR) is 123 cm³/mol. The number of hydrogen-bond acceptors (Lipinski definition) is 7. The summed E-state index contributed by atoms with van der Waals surface area (Å²) in [4.78, 5) is -0.00198. The molecule has 1 aliphatic rings. The van der Waals surface area contributed by atoms with Gasteiger partial charge in [-0.25, -0.2) is 8.42 Å². The van der Waals surface area contributed by atoms with E-state index < -0.39 is 32.1 Å². The standard InChI is InChI=1S/C25H31NO6S/c1-5-29-24(30-6-2)22(20-15-11-9-12-16-20)23(19-26,25(24,31-7-3)32-8-4)33(27,28)21-17-13-10-14-18-21/h9-18,22H,5-8H2,1-4H3. The SMILES string of the molecule is CCOC1(OCC)C(c2ccccc2)C(C#N)(S(=O)(=O)c2ccccc2)C1(OCC)OCC. The van der Waals surface area contributed by atoms with Crippen molar-refractivity contribution in [2.75, 3.05) is 26.4 Å². The lowest BCUT2D eigenvalue weighted by molar-refractivity contribution is -0.472. The highest BCUT2D eigenvalue weighted by atomic mass is 32.2. The second kappa shape index (κ2) is 9.92. The molecule has 0 heterocycles. The fourth-order valence-electron chi connectivity index (χ4n) is 4.94. The van der Waals surface area contributed by atoms with Crippen LogP contribution in [0.4, 0.5) is 0 Å². The first kappa shape index (κ1) is 25.3. The van der Waals surface area contributed by atoms with Gasteiger partial charge in [0.05, 0.1) is 16.9 Å². The zero-order chi connectivity index (χ0) is 24.2. The number of nitriles is 1. The van der Waals surface area contributed by atoms with Gasteiger partial charge >= 0.3 is 0 Å². The van der Waals surface area contributed by atoms with Crippen molar-refractivity contribution >= 4 is 9.84 Å². The maximum absolute atomic E-state index is 14.3. The molecule has 2 atom stereocenters. The molecule has 2 aromatic carbocycles. The molecule has 1 aliphatic carbocycles. The van der Waals surface area contributed by atoms with Crippen LogP contribution < -0.4 is 0 Å². The molecule has 0 N–H and O–H groups in total. The number of ether oxygens (including phenoxy) is 4. The van der Waals surface area contributed by atoms with Gasteiger partial charge in [0.25, 0.3) is 5.79 Å². The fraction of sp³-hybridized carbons (Fsp3) is 0.480. The van der Waals surface area contributed by atoms with Crippen LogP contribution in [0, 0.1) is 11.3 Å². The van der Waals surface area contributed by atoms with Crippen molar-refractivity contribution in [2.24, 2.45) is 0 Å². The van der Waals surface area contributed by atoms with E-state index in [9.17, 15) is 13.7 Å². The minimum Gasteiger partial charge on any atom is -0.345 e. The smallest absolute Gasteiger partial charge is 0.259 e. The van der Waals surface area contributed by atoms with E-state index in [2.05, 4.69) is 6.07 Å². The van der Waals surface area contributed by atoms with Crippen LogP contribution in [0.3, 0.4) is 0 Å². The van der Waals surface area contributed by atoms with Crippen molar-refractivity contribution in [2.45, 2.75) is 54.8 Å². The Kier molecular flexibility index (Phi) is 7.62. The van der Waals surface area contributed by atoms with Crippen LogP contribution in [0.1, 0.15) is 39.2 Å². The van der Waals surface area contributed by atoms with Crippen molar-refractivity contribution in [1.82, 2.24) is 0 Å². The Bertz CT molecular complexity index is 1060. The van der Waals surface area contributed by atoms with Gasteiger partial charge in [-0.15, -0.1) is 0 Å². The third-order valence-corrected chi connectivity index (χ3v) is 8.26. The molecule has 0 radical (unpaired) electrons. The summed E-state index contributed by atoms with van der Waals surface area (Å²) in [5.74, 6) is -4.74. The van der Waals surface area contributed by atoms with E-state index in [-0.39, 0.29) is 31.3 Å². The van der Waals surface area contributed by atoms with Gasteiger partial charge in [0.1, 0.15) is 0 Å². The van der Waals surface area contributed by atoms with Crippen LogP contribution in [0.15, 0.2) is 65.6 Å². The maximum atomic E-state index is 14.3. The average Bonchev–Trinajstić information content (AvgIpc) is 2.83. The Balaban J connectivity index is 2.46. The normalized spacial score (nSPS) is 23.4. The Hall–Kier alpha value is -2.28. The molecule has 178 valence electrons. The molecule has 0 aromatic heterocycles. The highest BCUT2D eigenvalue weighted by molar-refractivity contribution is 7.93. The number of nitrogens with zero attached hydrogens (tertiary/aromatic N) is 1. The Morgan fingerprint density at radius 3 is 1.67 bits per heavy atom. The molecule has 2 unspecified atom stereocenters. The Morgan fingerprint density at radius 1 is 0.788 bits per heavy atom. The summed E-state index contributed by atoms with van der Waals surface area (Å²) in [7, 11) is -4.34. The highest BCUT2D eigenvalue weighted by Crippen LogP contribution is 2.68. The molecule has 2 aromatic rings. The van der Waals surface area contributed by atoms with E-state index in [0.717, 1.165) is 0 Å². The van der Waals surface area contributed by atoms with Crippen molar-refractivity contribution in [3.05, 3.63) is 66.2 Å². The largest absolute Gasteiger partial charge is 0.345 e. The molecule has 1 fully saturated rings. The van der Waals surface area contributed by atoms with E-state index in [4.69, 9.17) is 18.9 Å². The third-order valence-electron chi connectivity index (χ3n) is 5.92. The van der Waals surface area contributed by atoms with Crippen LogP contribution in [-0.4, -0.2) is 51.2 Å². The molecule has 1 saturated carbocycles.